The van der Waals surface area contributed by atoms with Crippen molar-refractivity contribution < 1.29 is 12.9 Å². The van der Waals surface area contributed by atoms with E-state index in [1.54, 1.807) is 0 Å². The summed E-state index contributed by atoms with van der Waals surface area (Å²) in [4.78, 5) is 4.42. The van der Waals surface area contributed by atoms with Gasteiger partial charge in [0.15, 0.2) is 15.7 Å². The summed E-state index contributed by atoms with van der Waals surface area (Å²) in [6.07, 6.45) is 4.89. The Labute approximate surface area is 119 Å². The minimum absolute atomic E-state index is 0.302. The van der Waals surface area contributed by atoms with E-state index in [0.29, 0.717) is 29.8 Å². The van der Waals surface area contributed by atoms with Crippen molar-refractivity contribution in [2.24, 2.45) is 0 Å². The van der Waals surface area contributed by atoms with Crippen molar-refractivity contribution >= 4 is 9.84 Å². The monoisotopic (exact) mass is 299 g/mol. The number of nitrogens with one attached hydrogen (secondary N) is 1. The van der Waals surface area contributed by atoms with Gasteiger partial charge in [0.05, 0.1) is 11.0 Å². The lowest BCUT2D eigenvalue weighted by Gasteiger charge is -2.20. The van der Waals surface area contributed by atoms with E-state index >= 15 is 0 Å². The van der Waals surface area contributed by atoms with Crippen LogP contribution < -0.4 is 5.32 Å². The van der Waals surface area contributed by atoms with Crippen LogP contribution in [0.5, 0.6) is 0 Å². The van der Waals surface area contributed by atoms with Gasteiger partial charge in [-0.15, -0.1) is 0 Å². The van der Waals surface area contributed by atoms with Crippen molar-refractivity contribution in [3.05, 3.63) is 11.7 Å². The molecule has 1 aromatic rings. The smallest absolute Gasteiger partial charge is 0.229 e. The second-order valence-corrected chi connectivity index (χ2v) is 8.16. The van der Waals surface area contributed by atoms with Gasteiger partial charge in [-0.05, 0) is 38.8 Å². The molecule has 0 aliphatic carbocycles. The van der Waals surface area contributed by atoms with Gasteiger partial charge in [-0.2, -0.15) is 4.98 Å². The molecule has 1 unspecified atom stereocenters. The van der Waals surface area contributed by atoms with Gasteiger partial charge in [-0.1, -0.05) is 11.6 Å². The molecule has 0 spiro atoms. The second-order valence-electron chi connectivity index (χ2n) is 5.76. The Morgan fingerprint density at radius 2 is 2.00 bits per heavy atom. The van der Waals surface area contributed by atoms with Gasteiger partial charge in [-0.25, -0.2) is 8.42 Å². The van der Waals surface area contributed by atoms with Crippen LogP contribution in [0.25, 0.3) is 0 Å². The summed E-state index contributed by atoms with van der Waals surface area (Å²) in [7, 11) is -2.97. The number of hydrogen-bond acceptors (Lipinski definition) is 6. The van der Waals surface area contributed by atoms with Crippen molar-refractivity contribution in [3.63, 3.8) is 0 Å². The van der Waals surface area contributed by atoms with Crippen LogP contribution in [-0.4, -0.2) is 42.7 Å². The molecule has 0 saturated carbocycles. The molecule has 2 fully saturated rings. The Balaban J connectivity index is 1.67. The largest absolute Gasteiger partial charge is 0.339 e. The second kappa shape index (κ2) is 5.81. The molecular formula is C13H21N3O3S. The van der Waals surface area contributed by atoms with E-state index < -0.39 is 9.84 Å². The zero-order valence-electron chi connectivity index (χ0n) is 11.5. The molecule has 20 heavy (non-hydrogen) atoms. The van der Waals surface area contributed by atoms with Crippen molar-refractivity contribution in [2.45, 2.75) is 49.7 Å². The number of aromatic nitrogens is 2. The Bertz CT molecular complexity index is 549. The van der Waals surface area contributed by atoms with Crippen LogP contribution in [0.3, 0.4) is 0 Å². The zero-order valence-corrected chi connectivity index (χ0v) is 12.4. The SMILES string of the molecule is O=S1(=O)CCCCC1Cc1noc(C2CCNCC2)n1. The molecular weight excluding hydrogens is 278 g/mol. The predicted octanol–water partition coefficient (Wildman–Crippen LogP) is 1.05. The highest BCUT2D eigenvalue weighted by molar-refractivity contribution is 7.92. The van der Waals surface area contributed by atoms with Crippen LogP contribution in [0, 0.1) is 0 Å². The highest BCUT2D eigenvalue weighted by Gasteiger charge is 2.31. The van der Waals surface area contributed by atoms with Crippen LogP contribution in [0.4, 0.5) is 0 Å². The van der Waals surface area contributed by atoms with Gasteiger partial charge in [0.25, 0.3) is 0 Å². The normalized spacial score (nSPS) is 27.5. The maximum absolute atomic E-state index is 12.0. The van der Waals surface area contributed by atoms with Crippen LogP contribution >= 0.6 is 0 Å². The maximum atomic E-state index is 12.0. The average Bonchev–Trinajstić information content (AvgIpc) is 2.91. The van der Waals surface area contributed by atoms with Gasteiger partial charge in [-0.3, -0.25) is 0 Å². The fourth-order valence-electron chi connectivity index (χ4n) is 3.04. The molecule has 6 nitrogen and oxygen atoms in total. The summed E-state index contributed by atoms with van der Waals surface area (Å²) in [6.45, 7) is 1.94. The van der Waals surface area contributed by atoms with Crippen LogP contribution in [0.15, 0.2) is 4.52 Å². The molecule has 112 valence electrons. The Morgan fingerprint density at radius 1 is 1.20 bits per heavy atom. The molecule has 7 heteroatoms. The van der Waals surface area contributed by atoms with E-state index in [-0.39, 0.29) is 5.25 Å². The number of rotatable bonds is 3. The van der Waals surface area contributed by atoms with Gasteiger partial charge in [0, 0.05) is 12.3 Å². The Morgan fingerprint density at radius 3 is 2.75 bits per heavy atom. The Kier molecular flexibility index (Phi) is 4.07. The predicted molar refractivity (Wildman–Crippen MR) is 74.3 cm³/mol. The quantitative estimate of drug-likeness (QED) is 0.898. The zero-order chi connectivity index (χ0) is 14.0. The summed E-state index contributed by atoms with van der Waals surface area (Å²) in [5, 5.41) is 6.95. The van der Waals surface area contributed by atoms with Gasteiger partial charge < -0.3 is 9.84 Å². The molecule has 0 amide bonds. The van der Waals surface area contributed by atoms with Crippen LogP contribution in [0.1, 0.15) is 49.7 Å². The molecule has 1 atom stereocenters. The molecule has 2 aliphatic heterocycles. The number of hydrogen-bond donors (Lipinski definition) is 1. The van der Waals surface area contributed by atoms with Crippen molar-refractivity contribution in [2.75, 3.05) is 18.8 Å². The third-order valence-electron chi connectivity index (χ3n) is 4.30. The number of piperidine rings is 1. The third-order valence-corrected chi connectivity index (χ3v) is 6.57. The van der Waals surface area contributed by atoms with E-state index in [9.17, 15) is 8.42 Å². The van der Waals surface area contributed by atoms with E-state index in [1.165, 1.54) is 0 Å². The molecule has 1 N–H and O–H groups in total. The first kappa shape index (κ1) is 14.0. The minimum atomic E-state index is -2.97. The lowest BCUT2D eigenvalue weighted by Crippen LogP contribution is -2.30. The highest BCUT2D eigenvalue weighted by atomic mass is 32.2. The van der Waals surface area contributed by atoms with Crippen LogP contribution in [-0.2, 0) is 16.3 Å². The number of sulfone groups is 1. The van der Waals surface area contributed by atoms with E-state index in [1.807, 2.05) is 0 Å². The topological polar surface area (TPSA) is 85.1 Å². The molecule has 0 radical (unpaired) electrons. The standard InChI is InChI=1S/C13H21N3O3S/c17-20(18)8-2-1-3-11(20)9-12-15-13(19-16-12)10-4-6-14-7-5-10/h10-11,14H,1-9H2. The van der Waals surface area contributed by atoms with Gasteiger partial charge in [0.1, 0.15) is 0 Å². The average molecular weight is 299 g/mol. The Hall–Kier alpha value is -0.950. The van der Waals surface area contributed by atoms with Crippen molar-refractivity contribution in [3.8, 4) is 0 Å². The molecule has 1 aromatic heterocycles. The summed E-state index contributed by atoms with van der Waals surface area (Å²) in [5.41, 5.74) is 0. The summed E-state index contributed by atoms with van der Waals surface area (Å²) >= 11 is 0. The van der Waals surface area contributed by atoms with Crippen LogP contribution in [0.2, 0.25) is 0 Å². The number of nitrogens with zero attached hydrogens (tertiary/aromatic N) is 2. The van der Waals surface area contributed by atoms with Gasteiger partial charge >= 0.3 is 0 Å². The lowest BCUT2D eigenvalue weighted by molar-refractivity contribution is 0.318. The van der Waals surface area contributed by atoms with E-state index in [0.717, 1.165) is 45.2 Å². The van der Waals surface area contributed by atoms with Gasteiger partial charge in [0.2, 0.25) is 5.89 Å². The van der Waals surface area contributed by atoms with Crippen molar-refractivity contribution in [1.82, 2.24) is 15.5 Å². The fourth-order valence-corrected chi connectivity index (χ4v) is 4.91. The summed E-state index contributed by atoms with van der Waals surface area (Å²) < 4.78 is 29.3. The first-order valence-electron chi connectivity index (χ1n) is 7.40. The highest BCUT2D eigenvalue weighted by Crippen LogP contribution is 2.25. The molecule has 0 aromatic carbocycles. The molecule has 0 bridgehead atoms. The summed E-state index contributed by atoms with van der Waals surface area (Å²) in [5.74, 6) is 1.85. The molecule has 3 heterocycles. The van der Waals surface area contributed by atoms with Crippen molar-refractivity contribution in [1.29, 1.82) is 0 Å². The first-order chi connectivity index (χ1) is 9.65. The first-order valence-corrected chi connectivity index (χ1v) is 9.11. The van der Waals surface area contributed by atoms with E-state index in [2.05, 4.69) is 15.5 Å². The minimum Gasteiger partial charge on any atom is -0.339 e. The lowest BCUT2D eigenvalue weighted by atomic mass is 9.98. The van der Waals surface area contributed by atoms with E-state index in [4.69, 9.17) is 4.52 Å². The summed E-state index contributed by atoms with van der Waals surface area (Å²) in [6, 6.07) is 0. The molecule has 3 rings (SSSR count). The fraction of sp³-hybridized carbons (Fsp3) is 0.846. The maximum Gasteiger partial charge on any atom is 0.229 e. The molecule has 2 aliphatic rings. The molecule has 2 saturated heterocycles. The third kappa shape index (κ3) is 3.03.